The second kappa shape index (κ2) is 4.89. The molecular formula is C13H11N3O2S. The van der Waals surface area contributed by atoms with Crippen LogP contribution < -0.4 is 0 Å². The van der Waals surface area contributed by atoms with Gasteiger partial charge in [-0.1, -0.05) is 5.16 Å². The largest absolute Gasteiger partial charge is 0.339 e. The normalized spacial score (nSPS) is 11.0. The fraction of sp³-hybridized carbons (Fsp3) is 0.231. The lowest BCUT2D eigenvalue weighted by molar-refractivity contribution is -0.117. The number of pyridine rings is 1. The van der Waals surface area contributed by atoms with Gasteiger partial charge in [-0.3, -0.25) is 4.98 Å². The number of hydrogen-bond acceptors (Lipinski definition) is 6. The Bertz CT molecular complexity index is 732. The molecule has 0 aliphatic heterocycles. The number of hydrogen-bond donors (Lipinski definition) is 0. The molecule has 0 saturated carbocycles. The third-order valence-electron chi connectivity index (χ3n) is 2.72. The van der Waals surface area contributed by atoms with Gasteiger partial charge in [-0.25, -0.2) is 0 Å². The number of thiophene rings is 1. The lowest BCUT2D eigenvalue weighted by atomic mass is 10.2. The van der Waals surface area contributed by atoms with Gasteiger partial charge in [0.25, 0.3) is 0 Å². The van der Waals surface area contributed by atoms with Crippen LogP contribution in [0.15, 0.2) is 28.2 Å². The Kier molecular flexibility index (Phi) is 3.08. The number of fused-ring (bicyclic) bond motifs is 1. The molecule has 3 heterocycles. The van der Waals surface area contributed by atoms with E-state index in [9.17, 15) is 4.79 Å². The van der Waals surface area contributed by atoms with Gasteiger partial charge >= 0.3 is 0 Å². The lowest BCUT2D eigenvalue weighted by Crippen LogP contribution is -1.94. The maximum Gasteiger partial charge on any atom is 0.227 e. The first kappa shape index (κ1) is 12.0. The molecule has 3 aromatic heterocycles. The summed E-state index contributed by atoms with van der Waals surface area (Å²) < 4.78 is 6.22. The Balaban J connectivity index is 1.86. The Morgan fingerprint density at radius 3 is 3.21 bits per heavy atom. The van der Waals surface area contributed by atoms with Crippen molar-refractivity contribution in [1.82, 2.24) is 15.1 Å². The van der Waals surface area contributed by atoms with E-state index in [2.05, 4.69) is 15.1 Å². The highest BCUT2D eigenvalue weighted by atomic mass is 32.1. The van der Waals surface area contributed by atoms with Crippen molar-refractivity contribution in [2.24, 2.45) is 0 Å². The second-order valence-electron chi connectivity index (χ2n) is 4.24. The quantitative estimate of drug-likeness (QED) is 0.731. The van der Waals surface area contributed by atoms with E-state index in [4.69, 9.17) is 4.52 Å². The fourth-order valence-corrected chi connectivity index (χ4v) is 2.51. The molecule has 96 valence electrons. The maximum atomic E-state index is 10.9. The first-order valence-electron chi connectivity index (χ1n) is 5.88. The molecule has 5 nitrogen and oxygen atoms in total. The molecule has 0 radical (unpaired) electrons. The van der Waals surface area contributed by atoms with Gasteiger partial charge in [0.15, 0.2) is 0 Å². The van der Waals surface area contributed by atoms with Gasteiger partial charge in [0.05, 0.1) is 10.2 Å². The molecule has 0 atom stereocenters. The molecule has 0 fully saturated rings. The Hall–Kier alpha value is -2.08. The van der Waals surface area contributed by atoms with Gasteiger partial charge in [0, 0.05) is 24.6 Å². The molecule has 19 heavy (non-hydrogen) atoms. The summed E-state index contributed by atoms with van der Waals surface area (Å²) in [5, 5.41) is 5.92. The standard InChI is InChI=1S/C13H11N3O2S/c1-8(17)2-3-12-15-13(16-18-12)9-6-11-10(14-7-9)4-5-19-11/h4-7H,2-3H2,1H3. The third kappa shape index (κ3) is 2.53. The van der Waals surface area contributed by atoms with Gasteiger partial charge in [0.2, 0.25) is 11.7 Å². The average Bonchev–Trinajstić information content (AvgIpc) is 3.04. The number of aryl methyl sites for hydroxylation is 1. The van der Waals surface area contributed by atoms with Crippen LogP contribution in [-0.4, -0.2) is 20.9 Å². The van der Waals surface area contributed by atoms with Crippen molar-refractivity contribution in [2.75, 3.05) is 0 Å². The molecule has 0 spiro atoms. The van der Waals surface area contributed by atoms with E-state index in [0.717, 1.165) is 15.8 Å². The first-order valence-corrected chi connectivity index (χ1v) is 6.76. The van der Waals surface area contributed by atoms with Crippen LogP contribution in [0.4, 0.5) is 0 Å². The number of carbonyl (C=O) groups excluding carboxylic acids is 1. The van der Waals surface area contributed by atoms with Gasteiger partial charge in [-0.05, 0) is 24.4 Å². The van der Waals surface area contributed by atoms with Crippen molar-refractivity contribution in [3.63, 3.8) is 0 Å². The molecule has 0 N–H and O–H groups in total. The topological polar surface area (TPSA) is 68.9 Å². The monoisotopic (exact) mass is 273 g/mol. The summed E-state index contributed by atoms with van der Waals surface area (Å²) in [6, 6.07) is 3.96. The zero-order chi connectivity index (χ0) is 13.2. The van der Waals surface area contributed by atoms with Crippen molar-refractivity contribution in [3.05, 3.63) is 29.6 Å². The summed E-state index contributed by atoms with van der Waals surface area (Å²) in [5.41, 5.74) is 1.79. The molecule has 0 aromatic carbocycles. The third-order valence-corrected chi connectivity index (χ3v) is 3.57. The predicted octanol–water partition coefficient (Wildman–Crippen LogP) is 2.87. The summed E-state index contributed by atoms with van der Waals surface area (Å²) >= 11 is 1.62. The molecule has 0 bridgehead atoms. The van der Waals surface area contributed by atoms with Crippen LogP contribution in [0.25, 0.3) is 21.6 Å². The number of rotatable bonds is 4. The lowest BCUT2D eigenvalue weighted by Gasteiger charge is -1.93. The van der Waals surface area contributed by atoms with Gasteiger partial charge < -0.3 is 9.32 Å². The SMILES string of the molecule is CC(=O)CCc1nc(-c2cnc3ccsc3c2)no1. The molecule has 0 saturated heterocycles. The van der Waals surface area contributed by atoms with Crippen molar-refractivity contribution >= 4 is 27.3 Å². The number of Topliss-reactive ketones (excluding diaryl/α,β-unsaturated/α-hetero) is 1. The van der Waals surface area contributed by atoms with E-state index in [-0.39, 0.29) is 5.78 Å². The van der Waals surface area contributed by atoms with Crippen LogP contribution in [0.2, 0.25) is 0 Å². The number of aromatic nitrogens is 3. The van der Waals surface area contributed by atoms with E-state index in [1.54, 1.807) is 24.5 Å². The minimum Gasteiger partial charge on any atom is -0.339 e. The minimum atomic E-state index is 0.112. The zero-order valence-electron chi connectivity index (χ0n) is 10.3. The van der Waals surface area contributed by atoms with Crippen molar-refractivity contribution in [3.8, 4) is 11.4 Å². The summed E-state index contributed by atoms with van der Waals surface area (Å²) in [7, 11) is 0. The maximum absolute atomic E-state index is 10.9. The zero-order valence-corrected chi connectivity index (χ0v) is 11.1. The number of carbonyl (C=O) groups is 1. The molecule has 6 heteroatoms. The van der Waals surface area contributed by atoms with Crippen LogP contribution in [0, 0.1) is 0 Å². The van der Waals surface area contributed by atoms with E-state index < -0.39 is 0 Å². The summed E-state index contributed by atoms with van der Waals surface area (Å²) in [6.07, 6.45) is 2.63. The second-order valence-corrected chi connectivity index (χ2v) is 5.19. The number of ketones is 1. The summed E-state index contributed by atoms with van der Waals surface area (Å²) in [5.74, 6) is 1.11. The smallest absolute Gasteiger partial charge is 0.227 e. The predicted molar refractivity (Wildman–Crippen MR) is 71.9 cm³/mol. The Morgan fingerprint density at radius 2 is 2.37 bits per heavy atom. The highest BCUT2D eigenvalue weighted by Crippen LogP contribution is 2.24. The van der Waals surface area contributed by atoms with Crippen LogP contribution >= 0.6 is 11.3 Å². The summed E-state index contributed by atoms with van der Waals surface area (Å²) in [4.78, 5) is 19.5. The van der Waals surface area contributed by atoms with E-state index in [1.165, 1.54) is 0 Å². The minimum absolute atomic E-state index is 0.112. The Morgan fingerprint density at radius 1 is 1.47 bits per heavy atom. The first-order chi connectivity index (χ1) is 9.22. The number of nitrogens with zero attached hydrogens (tertiary/aromatic N) is 3. The molecule has 0 amide bonds. The van der Waals surface area contributed by atoms with Crippen molar-refractivity contribution in [2.45, 2.75) is 19.8 Å². The van der Waals surface area contributed by atoms with Crippen molar-refractivity contribution < 1.29 is 9.32 Å². The Labute approximate surface area is 113 Å². The molecule has 0 aliphatic carbocycles. The fourth-order valence-electron chi connectivity index (χ4n) is 1.73. The van der Waals surface area contributed by atoms with Crippen LogP contribution in [-0.2, 0) is 11.2 Å². The van der Waals surface area contributed by atoms with Crippen molar-refractivity contribution in [1.29, 1.82) is 0 Å². The van der Waals surface area contributed by atoms with E-state index in [0.29, 0.717) is 24.6 Å². The molecule has 0 aliphatic rings. The highest BCUT2D eigenvalue weighted by Gasteiger charge is 2.10. The van der Waals surface area contributed by atoms with Gasteiger partial charge in [0.1, 0.15) is 5.78 Å². The molecule has 0 unspecified atom stereocenters. The van der Waals surface area contributed by atoms with Crippen LogP contribution in [0.3, 0.4) is 0 Å². The molecule has 3 aromatic rings. The van der Waals surface area contributed by atoms with E-state index >= 15 is 0 Å². The molecule has 3 rings (SSSR count). The van der Waals surface area contributed by atoms with Gasteiger partial charge in [-0.15, -0.1) is 11.3 Å². The summed E-state index contributed by atoms with van der Waals surface area (Å²) in [6.45, 7) is 1.55. The van der Waals surface area contributed by atoms with E-state index in [1.807, 2.05) is 17.5 Å². The van der Waals surface area contributed by atoms with Crippen LogP contribution in [0.5, 0.6) is 0 Å². The van der Waals surface area contributed by atoms with Gasteiger partial charge in [-0.2, -0.15) is 4.98 Å². The van der Waals surface area contributed by atoms with Crippen LogP contribution in [0.1, 0.15) is 19.2 Å². The highest BCUT2D eigenvalue weighted by molar-refractivity contribution is 7.17. The average molecular weight is 273 g/mol. The molecular weight excluding hydrogens is 262 g/mol.